The second-order valence-corrected chi connectivity index (χ2v) is 3.71. The molecule has 72 valence electrons. The van der Waals surface area contributed by atoms with E-state index in [0.717, 1.165) is 0 Å². The molecule has 0 radical (unpaired) electrons. The fraction of sp³-hybridized carbons (Fsp3) is 0.333. The minimum Gasteiger partial charge on any atom is -0.393 e. The van der Waals surface area contributed by atoms with Gasteiger partial charge in [-0.25, -0.2) is 0 Å². The van der Waals surface area contributed by atoms with Crippen molar-refractivity contribution in [2.45, 2.75) is 19.4 Å². The molecular formula is C9H14O3Si. The highest BCUT2D eigenvalue weighted by molar-refractivity contribution is 6.40. The normalized spacial score (nSPS) is 10.8. The van der Waals surface area contributed by atoms with E-state index in [-0.39, 0.29) is 22.4 Å². The highest BCUT2D eigenvalue weighted by Gasteiger charge is 2.05. The topological polar surface area (TPSA) is 43.4 Å². The van der Waals surface area contributed by atoms with Crippen LogP contribution >= 0.6 is 0 Å². The van der Waals surface area contributed by atoms with Gasteiger partial charge < -0.3 is 4.74 Å². The number of carbonyl (C=O) groups excluding carboxylic acids is 2. The Morgan fingerprint density at radius 2 is 2.00 bits per heavy atom. The minimum absolute atomic E-state index is 0.0813. The summed E-state index contributed by atoms with van der Waals surface area (Å²) in [5.74, 6) is -1.03. The Morgan fingerprint density at radius 3 is 2.54 bits per heavy atom. The van der Waals surface area contributed by atoms with Crippen molar-refractivity contribution in [2.75, 3.05) is 0 Å². The average molecular weight is 198 g/mol. The van der Waals surface area contributed by atoms with Crippen LogP contribution in [0.2, 0.25) is 6.55 Å². The highest BCUT2D eigenvalue weighted by Crippen LogP contribution is 1.92. The van der Waals surface area contributed by atoms with Gasteiger partial charge in [-0.2, -0.15) is 0 Å². The van der Waals surface area contributed by atoms with Crippen molar-refractivity contribution in [1.29, 1.82) is 0 Å². The first-order valence-electron chi connectivity index (χ1n) is 4.20. The zero-order valence-electron chi connectivity index (χ0n) is 7.79. The lowest BCUT2D eigenvalue weighted by atomic mass is 10.4. The van der Waals surface area contributed by atoms with E-state index in [1.807, 2.05) is 5.70 Å². The Labute approximate surface area is 80.3 Å². The second kappa shape index (κ2) is 7.48. The summed E-state index contributed by atoms with van der Waals surface area (Å²) < 4.78 is 4.45. The van der Waals surface area contributed by atoms with Gasteiger partial charge in [0.25, 0.3) is 0 Å². The lowest BCUT2D eigenvalue weighted by Crippen LogP contribution is -2.10. The number of hydrogen-bond donors (Lipinski definition) is 0. The summed E-state index contributed by atoms with van der Waals surface area (Å²) in [5, 5.41) is 0. The first-order chi connectivity index (χ1) is 6.20. The molecule has 0 atom stereocenters. The van der Waals surface area contributed by atoms with Crippen molar-refractivity contribution in [3.05, 3.63) is 24.4 Å². The molecule has 0 saturated carbocycles. The largest absolute Gasteiger partial charge is 0.393 e. The SMILES string of the molecule is C=CCC(=O)OC(=O)CC=C[SiH2]C. The number of carbonyl (C=O) groups is 2. The molecule has 0 aromatic carbocycles. The Kier molecular flexibility index (Phi) is 6.81. The molecule has 0 aromatic heterocycles. The van der Waals surface area contributed by atoms with Crippen LogP contribution in [0.25, 0.3) is 0 Å². The second-order valence-electron chi connectivity index (χ2n) is 2.42. The zero-order chi connectivity index (χ0) is 10.1. The predicted octanol–water partition coefficient (Wildman–Crippen LogP) is 0.753. The van der Waals surface area contributed by atoms with Crippen molar-refractivity contribution in [2.24, 2.45) is 0 Å². The number of ether oxygens (including phenoxy) is 1. The Balaban J connectivity index is 3.67. The molecule has 0 aliphatic rings. The van der Waals surface area contributed by atoms with Crippen LogP contribution in [0.4, 0.5) is 0 Å². The molecule has 0 unspecified atom stereocenters. The molecule has 0 heterocycles. The average Bonchev–Trinajstić information content (AvgIpc) is 2.05. The Bertz CT molecular complexity index is 221. The molecule has 3 nitrogen and oxygen atoms in total. The summed E-state index contributed by atoms with van der Waals surface area (Å²) >= 11 is 0. The molecule has 0 amide bonds. The molecule has 0 spiro atoms. The molecule has 0 rings (SSSR count). The molecule has 0 saturated heterocycles. The Hall–Kier alpha value is -1.16. The van der Waals surface area contributed by atoms with Gasteiger partial charge >= 0.3 is 11.9 Å². The maximum Gasteiger partial charge on any atom is 0.317 e. The third-order valence-electron chi connectivity index (χ3n) is 1.23. The number of rotatable bonds is 5. The molecule has 0 bridgehead atoms. The Morgan fingerprint density at radius 1 is 1.38 bits per heavy atom. The van der Waals surface area contributed by atoms with Crippen molar-refractivity contribution in [3.8, 4) is 0 Å². The van der Waals surface area contributed by atoms with Crippen molar-refractivity contribution >= 4 is 21.5 Å². The first kappa shape index (κ1) is 11.8. The fourth-order valence-electron chi connectivity index (χ4n) is 0.674. The molecule has 0 aliphatic heterocycles. The van der Waals surface area contributed by atoms with Gasteiger partial charge in [0.05, 0.1) is 12.8 Å². The zero-order valence-corrected chi connectivity index (χ0v) is 9.20. The van der Waals surface area contributed by atoms with Crippen LogP contribution in [0.1, 0.15) is 12.8 Å². The standard InChI is InChI=1S/C9H14O3Si/c1-3-5-8(10)12-9(11)6-4-7-13-2/h3-4,7H,1,5-6,13H2,2H3. The number of hydrogen-bond acceptors (Lipinski definition) is 3. The maximum atomic E-state index is 10.9. The minimum atomic E-state index is -0.540. The smallest absolute Gasteiger partial charge is 0.317 e. The fourth-order valence-corrected chi connectivity index (χ4v) is 1.17. The van der Waals surface area contributed by atoms with Crippen LogP contribution < -0.4 is 0 Å². The van der Waals surface area contributed by atoms with E-state index in [1.165, 1.54) is 6.08 Å². The lowest BCUT2D eigenvalue weighted by molar-refractivity contribution is -0.158. The van der Waals surface area contributed by atoms with Gasteiger partial charge in [0.15, 0.2) is 0 Å². The van der Waals surface area contributed by atoms with Gasteiger partial charge in [-0.15, -0.1) is 12.3 Å². The van der Waals surface area contributed by atoms with Crippen LogP contribution in [-0.2, 0) is 14.3 Å². The molecule has 13 heavy (non-hydrogen) atoms. The van der Waals surface area contributed by atoms with Crippen LogP contribution in [0.3, 0.4) is 0 Å². The van der Waals surface area contributed by atoms with E-state index < -0.39 is 11.9 Å². The van der Waals surface area contributed by atoms with E-state index in [4.69, 9.17) is 0 Å². The molecule has 0 aromatic rings. The summed E-state index contributed by atoms with van der Waals surface area (Å²) in [6.07, 6.45) is 3.42. The quantitative estimate of drug-likeness (QED) is 0.283. The molecule has 0 aliphatic carbocycles. The lowest BCUT2D eigenvalue weighted by Gasteiger charge is -1.97. The molecule has 0 N–H and O–H groups in total. The summed E-state index contributed by atoms with van der Waals surface area (Å²) in [4.78, 5) is 21.6. The van der Waals surface area contributed by atoms with Gasteiger partial charge in [-0.3, -0.25) is 9.59 Å². The van der Waals surface area contributed by atoms with E-state index in [2.05, 4.69) is 17.9 Å². The maximum absolute atomic E-state index is 10.9. The van der Waals surface area contributed by atoms with Crippen LogP contribution in [0.5, 0.6) is 0 Å². The molecular weight excluding hydrogens is 184 g/mol. The van der Waals surface area contributed by atoms with E-state index in [9.17, 15) is 9.59 Å². The predicted molar refractivity (Wildman–Crippen MR) is 54.1 cm³/mol. The van der Waals surface area contributed by atoms with Crippen molar-refractivity contribution in [3.63, 3.8) is 0 Å². The molecule has 0 fully saturated rings. The third kappa shape index (κ3) is 7.21. The van der Waals surface area contributed by atoms with Gasteiger partial charge in [-0.1, -0.05) is 18.7 Å². The van der Waals surface area contributed by atoms with E-state index in [1.54, 1.807) is 6.08 Å². The summed E-state index contributed by atoms with van der Waals surface area (Å²) in [5.41, 5.74) is 1.99. The van der Waals surface area contributed by atoms with Crippen molar-refractivity contribution < 1.29 is 14.3 Å². The van der Waals surface area contributed by atoms with E-state index >= 15 is 0 Å². The first-order valence-corrected chi connectivity index (χ1v) is 6.43. The van der Waals surface area contributed by atoms with Crippen LogP contribution in [0.15, 0.2) is 24.4 Å². The van der Waals surface area contributed by atoms with E-state index in [0.29, 0.717) is 0 Å². The summed E-state index contributed by atoms with van der Waals surface area (Å²) in [6, 6.07) is 0. The molecule has 4 heteroatoms. The summed E-state index contributed by atoms with van der Waals surface area (Å²) in [7, 11) is -0.155. The van der Waals surface area contributed by atoms with Gasteiger partial charge in [0.2, 0.25) is 0 Å². The third-order valence-corrected chi connectivity index (χ3v) is 2.03. The van der Waals surface area contributed by atoms with Crippen LogP contribution in [-0.4, -0.2) is 21.5 Å². The summed E-state index contributed by atoms with van der Waals surface area (Å²) in [6.45, 7) is 5.46. The van der Waals surface area contributed by atoms with Gasteiger partial charge in [0, 0.05) is 9.52 Å². The van der Waals surface area contributed by atoms with Crippen molar-refractivity contribution in [1.82, 2.24) is 0 Å². The van der Waals surface area contributed by atoms with Gasteiger partial charge in [0.1, 0.15) is 0 Å². The monoisotopic (exact) mass is 198 g/mol. The highest BCUT2D eigenvalue weighted by atomic mass is 28.2. The van der Waals surface area contributed by atoms with Crippen LogP contribution in [0, 0.1) is 0 Å². The number of esters is 2. The van der Waals surface area contributed by atoms with Gasteiger partial charge in [-0.05, 0) is 0 Å².